The Morgan fingerprint density at radius 3 is 3.15 bits per heavy atom. The average molecular weight is 294 g/mol. The van der Waals surface area contributed by atoms with Crippen LogP contribution in [0, 0.1) is 12.8 Å². The van der Waals surface area contributed by atoms with Gasteiger partial charge in [-0.15, -0.1) is 11.3 Å². The number of rotatable bonds is 3. The van der Waals surface area contributed by atoms with Gasteiger partial charge in [-0.05, 0) is 49.6 Å². The van der Waals surface area contributed by atoms with Gasteiger partial charge < -0.3 is 15.4 Å². The Morgan fingerprint density at radius 1 is 1.45 bits per heavy atom. The number of nitrogens with one attached hydrogen (secondary N) is 2. The summed E-state index contributed by atoms with van der Waals surface area (Å²) < 4.78 is 5.73. The van der Waals surface area contributed by atoms with Gasteiger partial charge in [0.25, 0.3) is 0 Å². The quantitative estimate of drug-likeness (QED) is 0.900. The number of carbonyl (C=O) groups excluding carboxylic acids is 1. The molecule has 1 aliphatic heterocycles. The van der Waals surface area contributed by atoms with E-state index in [0.717, 1.165) is 32.3 Å². The lowest BCUT2D eigenvalue weighted by molar-refractivity contribution is 0.0549. The van der Waals surface area contributed by atoms with Crippen molar-refractivity contribution in [2.45, 2.75) is 51.3 Å². The maximum Gasteiger partial charge on any atom is 0.315 e. The first-order chi connectivity index (χ1) is 9.74. The Kier molecular flexibility index (Phi) is 4.27. The highest BCUT2D eigenvalue weighted by Crippen LogP contribution is 2.34. The fourth-order valence-corrected chi connectivity index (χ4v) is 4.17. The maximum absolute atomic E-state index is 12.0. The predicted molar refractivity (Wildman–Crippen MR) is 79.9 cm³/mol. The van der Waals surface area contributed by atoms with Gasteiger partial charge in [0.2, 0.25) is 0 Å². The van der Waals surface area contributed by atoms with E-state index in [1.165, 1.54) is 10.4 Å². The predicted octanol–water partition coefficient (Wildman–Crippen LogP) is 2.81. The van der Waals surface area contributed by atoms with Crippen LogP contribution in [0.15, 0.2) is 11.4 Å². The molecule has 1 aliphatic carbocycles. The van der Waals surface area contributed by atoms with E-state index >= 15 is 0 Å². The van der Waals surface area contributed by atoms with E-state index in [1.807, 2.05) is 0 Å². The van der Waals surface area contributed by atoms with E-state index in [9.17, 15) is 4.79 Å². The van der Waals surface area contributed by atoms with E-state index in [4.69, 9.17) is 4.74 Å². The van der Waals surface area contributed by atoms with E-state index in [-0.39, 0.29) is 12.1 Å². The summed E-state index contributed by atoms with van der Waals surface area (Å²) in [5.41, 5.74) is 1.25. The van der Waals surface area contributed by atoms with Gasteiger partial charge in [-0.1, -0.05) is 0 Å². The van der Waals surface area contributed by atoms with Crippen LogP contribution in [-0.4, -0.2) is 24.8 Å². The molecule has 5 heteroatoms. The zero-order chi connectivity index (χ0) is 13.9. The minimum atomic E-state index is -0.0460. The number of amides is 2. The van der Waals surface area contributed by atoms with Gasteiger partial charge in [-0.25, -0.2) is 4.79 Å². The van der Waals surface area contributed by atoms with Crippen LogP contribution in [0.3, 0.4) is 0 Å². The fraction of sp³-hybridized carbons (Fsp3) is 0.667. The molecule has 0 radical (unpaired) electrons. The molecule has 0 spiro atoms. The van der Waals surface area contributed by atoms with Gasteiger partial charge in [-0.2, -0.15) is 0 Å². The van der Waals surface area contributed by atoms with Gasteiger partial charge in [0, 0.05) is 23.4 Å². The molecule has 0 unspecified atom stereocenters. The van der Waals surface area contributed by atoms with Gasteiger partial charge in [-0.3, -0.25) is 0 Å². The molecule has 0 bridgehead atoms. The van der Waals surface area contributed by atoms with Gasteiger partial charge in [0.05, 0.1) is 12.6 Å². The third-order valence-corrected chi connectivity index (χ3v) is 5.50. The number of carbonyl (C=O) groups is 1. The van der Waals surface area contributed by atoms with Crippen molar-refractivity contribution in [3.05, 3.63) is 21.9 Å². The number of aryl methyl sites for hydroxylation is 1. The lowest BCUT2D eigenvalue weighted by Crippen LogP contribution is -2.49. The van der Waals surface area contributed by atoms with Crippen molar-refractivity contribution in [1.82, 2.24) is 10.6 Å². The molecule has 4 nitrogen and oxygen atoms in total. The normalized spacial score (nSPS) is 28.9. The number of hydrogen-bond donors (Lipinski definition) is 2. The van der Waals surface area contributed by atoms with Crippen LogP contribution in [0.5, 0.6) is 0 Å². The zero-order valence-corrected chi connectivity index (χ0v) is 12.7. The lowest BCUT2D eigenvalue weighted by atomic mass is 9.82. The van der Waals surface area contributed by atoms with E-state index in [0.29, 0.717) is 18.6 Å². The number of thiophene rings is 1. The summed E-state index contributed by atoms with van der Waals surface area (Å²) in [5, 5.41) is 8.18. The van der Waals surface area contributed by atoms with Crippen LogP contribution in [0.2, 0.25) is 0 Å². The van der Waals surface area contributed by atoms with Crippen molar-refractivity contribution < 1.29 is 9.53 Å². The standard InChI is InChI=1S/C15H22N2O2S/c1-10-6-8-20-14(10)9-16-15(18)17-12-3-2-4-13-11(12)5-7-19-13/h6,8,11-13H,2-5,7,9H2,1H3,(H2,16,17,18)/t11-,12-,13-/m1/s1. The second-order valence-corrected chi connectivity index (χ2v) is 6.75. The van der Waals surface area contributed by atoms with Crippen LogP contribution in [-0.2, 0) is 11.3 Å². The Labute approximate surface area is 123 Å². The van der Waals surface area contributed by atoms with Crippen molar-refractivity contribution in [1.29, 1.82) is 0 Å². The average Bonchev–Trinajstić information content (AvgIpc) is 3.06. The summed E-state index contributed by atoms with van der Waals surface area (Å²) in [7, 11) is 0. The Bertz CT molecular complexity index is 474. The summed E-state index contributed by atoms with van der Waals surface area (Å²) >= 11 is 1.69. The molecule has 2 aliphatic rings. The fourth-order valence-electron chi connectivity index (χ4n) is 3.32. The molecule has 0 aromatic carbocycles. The number of urea groups is 1. The topological polar surface area (TPSA) is 50.4 Å². The Balaban J connectivity index is 1.50. The molecule has 2 heterocycles. The molecule has 1 aromatic rings. The molecule has 2 fully saturated rings. The second kappa shape index (κ2) is 6.14. The lowest BCUT2D eigenvalue weighted by Gasteiger charge is -2.33. The SMILES string of the molecule is Cc1ccsc1CNC(=O)N[C@@H]1CCC[C@H]2OCC[C@H]12. The van der Waals surface area contributed by atoms with Crippen LogP contribution in [0.1, 0.15) is 36.1 Å². The minimum absolute atomic E-state index is 0.0460. The van der Waals surface area contributed by atoms with E-state index in [2.05, 4.69) is 29.0 Å². The van der Waals surface area contributed by atoms with Crippen molar-refractivity contribution in [3.8, 4) is 0 Å². The van der Waals surface area contributed by atoms with E-state index in [1.54, 1.807) is 11.3 Å². The Hall–Kier alpha value is -1.07. The molecule has 1 saturated carbocycles. The summed E-state index contributed by atoms with van der Waals surface area (Å²) in [6, 6.07) is 2.32. The number of fused-ring (bicyclic) bond motifs is 1. The third-order valence-electron chi connectivity index (χ3n) is 4.48. The van der Waals surface area contributed by atoms with Crippen molar-refractivity contribution in [2.75, 3.05) is 6.61 Å². The molecule has 1 saturated heterocycles. The molecule has 1 aromatic heterocycles. The van der Waals surface area contributed by atoms with Crippen molar-refractivity contribution in [3.63, 3.8) is 0 Å². The second-order valence-electron chi connectivity index (χ2n) is 5.75. The first-order valence-corrected chi connectivity index (χ1v) is 8.31. The summed E-state index contributed by atoms with van der Waals surface area (Å²) in [6.07, 6.45) is 4.83. The first kappa shape index (κ1) is 13.9. The smallest absolute Gasteiger partial charge is 0.315 e. The minimum Gasteiger partial charge on any atom is -0.378 e. The zero-order valence-electron chi connectivity index (χ0n) is 11.9. The van der Waals surface area contributed by atoms with Crippen molar-refractivity contribution in [2.24, 2.45) is 5.92 Å². The molecule has 20 heavy (non-hydrogen) atoms. The molecular weight excluding hydrogens is 272 g/mol. The number of ether oxygens (including phenoxy) is 1. The monoisotopic (exact) mass is 294 g/mol. The third kappa shape index (κ3) is 2.99. The van der Waals surface area contributed by atoms with Crippen molar-refractivity contribution >= 4 is 17.4 Å². The highest BCUT2D eigenvalue weighted by atomic mass is 32.1. The molecular formula is C15H22N2O2S. The summed E-state index contributed by atoms with van der Waals surface area (Å²) in [6.45, 7) is 3.54. The van der Waals surface area contributed by atoms with Crippen LogP contribution in [0.4, 0.5) is 4.79 Å². The van der Waals surface area contributed by atoms with Crippen LogP contribution < -0.4 is 10.6 Å². The van der Waals surface area contributed by atoms with Crippen LogP contribution >= 0.6 is 11.3 Å². The molecule has 2 amide bonds. The van der Waals surface area contributed by atoms with Gasteiger partial charge in [0.1, 0.15) is 0 Å². The number of hydrogen-bond acceptors (Lipinski definition) is 3. The largest absolute Gasteiger partial charge is 0.378 e. The Morgan fingerprint density at radius 2 is 2.35 bits per heavy atom. The van der Waals surface area contributed by atoms with Gasteiger partial charge in [0.15, 0.2) is 0 Å². The van der Waals surface area contributed by atoms with Gasteiger partial charge >= 0.3 is 6.03 Å². The maximum atomic E-state index is 12.0. The highest BCUT2D eigenvalue weighted by Gasteiger charge is 2.38. The molecule has 3 rings (SSSR count). The molecule has 3 atom stereocenters. The molecule has 2 N–H and O–H groups in total. The highest BCUT2D eigenvalue weighted by molar-refractivity contribution is 7.10. The summed E-state index contributed by atoms with van der Waals surface area (Å²) in [4.78, 5) is 13.3. The first-order valence-electron chi connectivity index (χ1n) is 7.43. The van der Waals surface area contributed by atoms with Crippen LogP contribution in [0.25, 0.3) is 0 Å². The summed E-state index contributed by atoms with van der Waals surface area (Å²) in [5.74, 6) is 0.512. The molecule has 110 valence electrons. The van der Waals surface area contributed by atoms with E-state index < -0.39 is 0 Å².